The summed E-state index contributed by atoms with van der Waals surface area (Å²) in [6.07, 6.45) is -1.10. The Morgan fingerprint density at radius 1 is 1.43 bits per heavy atom. The van der Waals surface area contributed by atoms with Crippen molar-refractivity contribution in [3.63, 3.8) is 0 Å². The largest absolute Gasteiger partial charge is 0.387 e. The molecule has 1 unspecified atom stereocenters. The average Bonchev–Trinajstić information content (AvgIpc) is 2.17. The van der Waals surface area contributed by atoms with Crippen molar-refractivity contribution in [1.29, 1.82) is 5.26 Å². The molecule has 0 aliphatic carbocycles. The van der Waals surface area contributed by atoms with E-state index < -0.39 is 17.3 Å². The smallest absolute Gasteiger partial charge is 0.129 e. The van der Waals surface area contributed by atoms with Crippen LogP contribution in [0.2, 0.25) is 0 Å². The second-order valence-electron chi connectivity index (χ2n) is 3.76. The third kappa shape index (κ3) is 1.91. The summed E-state index contributed by atoms with van der Waals surface area (Å²) in [5, 5.41) is 18.6. The van der Waals surface area contributed by atoms with Crippen molar-refractivity contribution in [2.45, 2.75) is 20.0 Å². The molecule has 0 aliphatic rings. The lowest BCUT2D eigenvalue weighted by molar-refractivity contribution is 0.0832. The molecule has 0 amide bonds. The third-order valence-electron chi connectivity index (χ3n) is 2.17. The SMILES string of the molecule is CC(C)(C#N)C(O)c1ccccc1F. The van der Waals surface area contributed by atoms with Gasteiger partial charge < -0.3 is 5.11 Å². The van der Waals surface area contributed by atoms with Gasteiger partial charge in [-0.15, -0.1) is 0 Å². The summed E-state index contributed by atoms with van der Waals surface area (Å²) in [5.41, 5.74) is -0.818. The summed E-state index contributed by atoms with van der Waals surface area (Å²) in [6, 6.07) is 7.89. The quantitative estimate of drug-likeness (QED) is 0.783. The number of benzene rings is 1. The molecular weight excluding hydrogens is 181 g/mol. The standard InChI is InChI=1S/C11H12FNO/c1-11(2,7-13)10(14)8-5-3-4-6-9(8)12/h3-6,10,14H,1-2H3. The Kier molecular flexibility index (Phi) is 2.87. The molecule has 1 rings (SSSR count). The van der Waals surface area contributed by atoms with Crippen LogP contribution in [0.5, 0.6) is 0 Å². The van der Waals surface area contributed by atoms with Crippen molar-refractivity contribution in [1.82, 2.24) is 0 Å². The molecule has 14 heavy (non-hydrogen) atoms. The van der Waals surface area contributed by atoms with Crippen molar-refractivity contribution >= 4 is 0 Å². The van der Waals surface area contributed by atoms with Gasteiger partial charge in [-0.25, -0.2) is 4.39 Å². The Morgan fingerprint density at radius 3 is 2.50 bits per heavy atom. The lowest BCUT2D eigenvalue weighted by atomic mass is 9.84. The van der Waals surface area contributed by atoms with Gasteiger partial charge in [0.15, 0.2) is 0 Å². The maximum Gasteiger partial charge on any atom is 0.129 e. The summed E-state index contributed by atoms with van der Waals surface area (Å²) in [4.78, 5) is 0. The highest BCUT2D eigenvalue weighted by Crippen LogP contribution is 2.33. The molecule has 74 valence electrons. The third-order valence-corrected chi connectivity index (χ3v) is 2.17. The Bertz CT molecular complexity index is 368. The maximum absolute atomic E-state index is 13.2. The molecule has 0 bridgehead atoms. The molecule has 0 heterocycles. The number of rotatable bonds is 2. The van der Waals surface area contributed by atoms with Crippen LogP contribution in [0.3, 0.4) is 0 Å². The number of aliphatic hydroxyl groups is 1. The number of hydrogen-bond donors (Lipinski definition) is 1. The lowest BCUT2D eigenvalue weighted by Crippen LogP contribution is -2.20. The molecule has 0 saturated carbocycles. The van der Waals surface area contributed by atoms with Crippen LogP contribution < -0.4 is 0 Å². The number of halogens is 1. The van der Waals surface area contributed by atoms with Gasteiger partial charge in [0, 0.05) is 5.56 Å². The van der Waals surface area contributed by atoms with Gasteiger partial charge in [-0.1, -0.05) is 18.2 Å². The van der Waals surface area contributed by atoms with Gasteiger partial charge in [0.05, 0.1) is 17.6 Å². The van der Waals surface area contributed by atoms with Crippen LogP contribution in [0, 0.1) is 22.6 Å². The van der Waals surface area contributed by atoms with Crippen molar-refractivity contribution in [3.05, 3.63) is 35.6 Å². The zero-order valence-electron chi connectivity index (χ0n) is 8.16. The number of aliphatic hydroxyl groups excluding tert-OH is 1. The molecule has 1 atom stereocenters. The van der Waals surface area contributed by atoms with Crippen molar-refractivity contribution in [2.75, 3.05) is 0 Å². The average molecular weight is 193 g/mol. The van der Waals surface area contributed by atoms with Crippen LogP contribution in [0.15, 0.2) is 24.3 Å². The highest BCUT2D eigenvalue weighted by atomic mass is 19.1. The maximum atomic E-state index is 13.2. The first-order valence-corrected chi connectivity index (χ1v) is 4.33. The van der Waals surface area contributed by atoms with E-state index in [4.69, 9.17) is 5.26 Å². The highest BCUT2D eigenvalue weighted by Gasteiger charge is 2.30. The fourth-order valence-electron chi connectivity index (χ4n) is 1.15. The monoisotopic (exact) mass is 193 g/mol. The summed E-state index contributed by atoms with van der Waals surface area (Å²) >= 11 is 0. The molecule has 1 N–H and O–H groups in total. The zero-order valence-corrected chi connectivity index (χ0v) is 8.16. The van der Waals surface area contributed by atoms with Crippen molar-refractivity contribution in [2.24, 2.45) is 5.41 Å². The van der Waals surface area contributed by atoms with E-state index in [9.17, 15) is 9.50 Å². The summed E-state index contributed by atoms with van der Waals surface area (Å²) in [5.74, 6) is -0.483. The zero-order chi connectivity index (χ0) is 10.8. The van der Waals surface area contributed by atoms with Gasteiger partial charge in [0.25, 0.3) is 0 Å². The molecule has 3 heteroatoms. The topological polar surface area (TPSA) is 44.0 Å². The Balaban J connectivity index is 3.08. The lowest BCUT2D eigenvalue weighted by Gasteiger charge is -2.23. The van der Waals surface area contributed by atoms with Crippen LogP contribution in [0.1, 0.15) is 25.5 Å². The van der Waals surface area contributed by atoms with E-state index in [2.05, 4.69) is 0 Å². The Hall–Kier alpha value is -1.40. The van der Waals surface area contributed by atoms with Gasteiger partial charge in [-0.2, -0.15) is 5.26 Å². The van der Waals surface area contributed by atoms with Crippen LogP contribution in [-0.4, -0.2) is 5.11 Å². The molecule has 2 nitrogen and oxygen atoms in total. The minimum absolute atomic E-state index is 0.166. The Morgan fingerprint density at radius 2 is 2.00 bits per heavy atom. The number of nitrogens with zero attached hydrogens (tertiary/aromatic N) is 1. The molecular formula is C11H12FNO. The number of nitriles is 1. The highest BCUT2D eigenvalue weighted by molar-refractivity contribution is 5.23. The fourth-order valence-corrected chi connectivity index (χ4v) is 1.15. The molecule has 0 saturated heterocycles. The van der Waals surface area contributed by atoms with Gasteiger partial charge in [0.2, 0.25) is 0 Å². The molecule has 1 aromatic rings. The predicted octanol–water partition coefficient (Wildman–Crippen LogP) is 2.41. The van der Waals surface area contributed by atoms with Gasteiger partial charge in [-0.3, -0.25) is 0 Å². The molecule has 0 aliphatic heterocycles. The van der Waals surface area contributed by atoms with Crippen molar-refractivity contribution in [3.8, 4) is 6.07 Å². The van der Waals surface area contributed by atoms with E-state index >= 15 is 0 Å². The first-order valence-electron chi connectivity index (χ1n) is 4.33. The minimum Gasteiger partial charge on any atom is -0.387 e. The molecule has 0 radical (unpaired) electrons. The molecule has 0 spiro atoms. The molecule has 0 aromatic heterocycles. The first kappa shape index (κ1) is 10.7. The fraction of sp³-hybridized carbons (Fsp3) is 0.364. The van der Waals surface area contributed by atoms with Gasteiger partial charge in [-0.05, 0) is 19.9 Å². The van der Waals surface area contributed by atoms with Crippen molar-refractivity contribution < 1.29 is 9.50 Å². The van der Waals surface area contributed by atoms with Crippen LogP contribution in [0.25, 0.3) is 0 Å². The van der Waals surface area contributed by atoms with E-state index in [0.717, 1.165) is 0 Å². The van der Waals surface area contributed by atoms with Gasteiger partial charge >= 0.3 is 0 Å². The Labute approximate surface area is 82.6 Å². The van der Waals surface area contributed by atoms with Gasteiger partial charge in [0.1, 0.15) is 5.82 Å². The minimum atomic E-state index is -1.10. The normalized spacial score (nSPS) is 13.4. The number of hydrogen-bond acceptors (Lipinski definition) is 2. The first-order chi connectivity index (χ1) is 6.49. The predicted molar refractivity (Wildman–Crippen MR) is 50.8 cm³/mol. The van der Waals surface area contributed by atoms with Crippen LogP contribution in [0.4, 0.5) is 4.39 Å². The molecule has 0 fully saturated rings. The van der Waals surface area contributed by atoms with E-state index in [-0.39, 0.29) is 5.56 Å². The van der Waals surface area contributed by atoms with Crippen LogP contribution in [-0.2, 0) is 0 Å². The molecule has 1 aromatic carbocycles. The summed E-state index contributed by atoms with van der Waals surface area (Å²) < 4.78 is 13.2. The second-order valence-corrected chi connectivity index (χ2v) is 3.76. The van der Waals surface area contributed by atoms with Crippen LogP contribution >= 0.6 is 0 Å². The van der Waals surface area contributed by atoms with E-state index in [1.54, 1.807) is 26.0 Å². The second kappa shape index (κ2) is 3.77. The summed E-state index contributed by atoms with van der Waals surface area (Å²) in [7, 11) is 0. The van der Waals surface area contributed by atoms with E-state index in [1.807, 2.05) is 6.07 Å². The van der Waals surface area contributed by atoms with E-state index in [0.29, 0.717) is 0 Å². The van der Waals surface area contributed by atoms with E-state index in [1.165, 1.54) is 12.1 Å². The summed E-state index contributed by atoms with van der Waals surface area (Å²) in [6.45, 7) is 3.15.